The summed E-state index contributed by atoms with van der Waals surface area (Å²) in [5, 5.41) is 67.1. The van der Waals surface area contributed by atoms with Crippen molar-refractivity contribution in [3.63, 3.8) is 0 Å². The number of nitrogens with zero attached hydrogens (tertiary/aromatic N) is 7. The first-order chi connectivity index (χ1) is 22.9. The Morgan fingerprint density at radius 2 is 1.92 bits per heavy atom. The maximum Gasteiger partial charge on any atom is 0.352 e. The molecule has 4 aromatic rings. The number of hydrogen-bond donors (Lipinski definition) is 7. The number of aromatic nitrogens is 5. The molecule has 18 nitrogen and oxygen atoms in total. The second-order valence-electron chi connectivity index (χ2n) is 10.2. The van der Waals surface area contributed by atoms with E-state index in [2.05, 4.69) is 31.0 Å². The minimum Gasteiger partial charge on any atom is -0.504 e. The molecule has 2 atom stereocenters. The van der Waals surface area contributed by atoms with Crippen LogP contribution in [0.3, 0.4) is 0 Å². The highest BCUT2D eigenvalue weighted by Crippen LogP contribution is 2.41. The number of carbonyl (C=O) groups excluding carboxylic acids is 2. The van der Waals surface area contributed by atoms with Crippen molar-refractivity contribution in [1.29, 1.82) is 0 Å². The van der Waals surface area contributed by atoms with Crippen LogP contribution in [0.5, 0.6) is 23.0 Å². The Balaban J connectivity index is 1.20. The van der Waals surface area contributed by atoms with Gasteiger partial charge in [0.15, 0.2) is 45.5 Å². The normalized spacial score (nSPS) is 17.6. The summed E-state index contributed by atoms with van der Waals surface area (Å²) in [5.74, 6) is -6.35. The highest BCUT2D eigenvalue weighted by atomic mass is 32.2. The molecule has 6 rings (SSSR count). The van der Waals surface area contributed by atoms with Gasteiger partial charge in [0.1, 0.15) is 29.4 Å². The fourth-order valence-electron chi connectivity index (χ4n) is 4.85. The van der Waals surface area contributed by atoms with Gasteiger partial charge in [0.05, 0.1) is 6.54 Å². The number of aliphatic carboxylic acids is 1. The molecule has 0 bridgehead atoms. The lowest BCUT2D eigenvalue weighted by Crippen LogP contribution is -2.71. The Labute approximate surface area is 275 Å². The molecule has 0 saturated carbocycles. The lowest BCUT2D eigenvalue weighted by Gasteiger charge is -2.49. The first kappa shape index (κ1) is 32.0. The van der Waals surface area contributed by atoms with Crippen LogP contribution in [0.15, 0.2) is 52.1 Å². The maximum atomic E-state index is 14.3. The molecule has 48 heavy (non-hydrogen) atoms. The zero-order valence-corrected chi connectivity index (χ0v) is 25.6. The Kier molecular flexibility index (Phi) is 8.45. The fourth-order valence-corrected chi connectivity index (χ4v) is 6.73. The smallest absolute Gasteiger partial charge is 0.352 e. The van der Waals surface area contributed by atoms with Crippen LogP contribution in [0.25, 0.3) is 11.4 Å². The van der Waals surface area contributed by atoms with Gasteiger partial charge in [-0.1, -0.05) is 5.16 Å². The van der Waals surface area contributed by atoms with Crippen LogP contribution in [0.4, 0.5) is 9.52 Å². The predicted octanol–water partition coefficient (Wildman–Crippen LogP) is 0.700. The number of carboxylic acid groups (broad SMARTS) is 1. The van der Waals surface area contributed by atoms with Gasteiger partial charge in [-0.3, -0.25) is 14.5 Å². The van der Waals surface area contributed by atoms with Crippen LogP contribution in [-0.2, 0) is 32.4 Å². The number of nitrogens with one attached hydrogen (secondary N) is 1. The van der Waals surface area contributed by atoms with E-state index in [1.807, 2.05) is 0 Å². The van der Waals surface area contributed by atoms with Gasteiger partial charge < -0.3 is 41.4 Å². The van der Waals surface area contributed by atoms with E-state index in [1.165, 1.54) is 40.0 Å². The number of benzene rings is 2. The third-order valence-electron chi connectivity index (χ3n) is 7.17. The van der Waals surface area contributed by atoms with Crippen LogP contribution < -0.4 is 11.1 Å². The van der Waals surface area contributed by atoms with Crippen LogP contribution in [0.1, 0.15) is 11.3 Å². The van der Waals surface area contributed by atoms with Crippen molar-refractivity contribution in [2.75, 3.05) is 11.5 Å². The molecule has 1 fully saturated rings. The summed E-state index contributed by atoms with van der Waals surface area (Å²) in [6.07, 6.45) is 0. The Hall–Kier alpha value is -5.96. The van der Waals surface area contributed by atoms with Crippen molar-refractivity contribution in [2.45, 2.75) is 24.6 Å². The number of thiazole rings is 1. The topological polar surface area (TPSA) is 272 Å². The van der Waals surface area contributed by atoms with Gasteiger partial charge in [0.25, 0.3) is 11.8 Å². The molecule has 2 aromatic carbocycles. The molecule has 0 aliphatic carbocycles. The number of carboxylic acids is 1. The van der Waals surface area contributed by atoms with Crippen molar-refractivity contribution >= 4 is 51.7 Å². The zero-order valence-electron chi connectivity index (χ0n) is 24.0. The molecule has 2 aliphatic heterocycles. The number of fused-ring (bicyclic) bond motifs is 1. The van der Waals surface area contributed by atoms with Gasteiger partial charge in [-0.15, -0.1) is 28.2 Å². The Morgan fingerprint density at radius 3 is 2.62 bits per heavy atom. The van der Waals surface area contributed by atoms with E-state index in [9.17, 15) is 44.3 Å². The lowest BCUT2D eigenvalue weighted by molar-refractivity contribution is -0.150. The van der Waals surface area contributed by atoms with Crippen molar-refractivity contribution in [1.82, 2.24) is 35.4 Å². The summed E-state index contributed by atoms with van der Waals surface area (Å²) in [5.41, 5.74) is 5.41. The Morgan fingerprint density at radius 1 is 1.15 bits per heavy atom. The number of β-lactam (4-membered cyclic amide) rings is 1. The first-order valence-corrected chi connectivity index (χ1v) is 15.5. The standard InChI is InChI=1S/C27H22FN9O9S2/c28-17-11(2-4-15(39)21(17)41)7-46-33-18(13-9-48-27(29)30-13)23(42)31-19-24(43)37-20(26(44)45)12(8-47-25(19)37)6-36-22(32-34-35-36)10-1-3-14(38)16(40)5-10/h1-5,9,19,25,38-41H,6-8H2,(H2,29,30)(H,31,42)(H,44,45)/b33-18-/t19-,25-/m1/s1. The molecular formula is C27H22FN9O9S2. The van der Waals surface area contributed by atoms with E-state index in [4.69, 9.17) is 10.6 Å². The van der Waals surface area contributed by atoms with Crippen LogP contribution in [-0.4, -0.2) is 96.3 Å². The predicted molar refractivity (Wildman–Crippen MR) is 164 cm³/mol. The lowest BCUT2D eigenvalue weighted by atomic mass is 10.0. The third kappa shape index (κ3) is 5.86. The molecule has 0 spiro atoms. The number of halogens is 1. The first-order valence-electron chi connectivity index (χ1n) is 13.5. The molecule has 4 heterocycles. The van der Waals surface area contributed by atoms with Crippen molar-refractivity contribution in [3.05, 3.63) is 64.1 Å². The van der Waals surface area contributed by atoms with Gasteiger partial charge in [-0.05, 0) is 46.3 Å². The van der Waals surface area contributed by atoms with Gasteiger partial charge in [0, 0.05) is 22.3 Å². The second-order valence-corrected chi connectivity index (χ2v) is 12.2. The number of hydrogen-bond acceptors (Lipinski definition) is 16. The van der Waals surface area contributed by atoms with Crippen molar-refractivity contribution in [3.8, 4) is 34.4 Å². The quantitative estimate of drug-likeness (QED) is 0.0519. The van der Waals surface area contributed by atoms with Crippen LogP contribution in [0, 0.1) is 5.82 Å². The number of thioether (sulfide) groups is 1. The minimum atomic E-state index is -1.40. The van der Waals surface area contributed by atoms with Crippen LogP contribution >= 0.6 is 23.1 Å². The monoisotopic (exact) mass is 699 g/mol. The number of carbonyl (C=O) groups is 3. The van der Waals surface area contributed by atoms with Crippen molar-refractivity contribution in [2.24, 2.45) is 5.16 Å². The molecule has 2 amide bonds. The SMILES string of the molecule is Nc1nc(/C(=N/OCc2ccc(O)c(O)c2F)C(=O)N[C@@H]2C(=O)N3C(C(=O)O)=C(Cn4nnnc4-c4ccc(O)c(O)c4)CS[C@H]23)cs1. The van der Waals surface area contributed by atoms with Gasteiger partial charge in [-0.2, -0.15) is 0 Å². The molecule has 2 aromatic heterocycles. The van der Waals surface area contributed by atoms with E-state index >= 15 is 0 Å². The minimum absolute atomic E-state index is 0.0171. The number of nitrogen functional groups attached to an aromatic ring is 1. The highest BCUT2D eigenvalue weighted by molar-refractivity contribution is 8.00. The van der Waals surface area contributed by atoms with Crippen LogP contribution in [0.2, 0.25) is 0 Å². The van der Waals surface area contributed by atoms with Crippen molar-refractivity contribution < 1.29 is 49.1 Å². The van der Waals surface area contributed by atoms with Gasteiger partial charge in [-0.25, -0.2) is 18.9 Å². The van der Waals surface area contributed by atoms with E-state index in [1.54, 1.807) is 0 Å². The summed E-state index contributed by atoms with van der Waals surface area (Å²) in [4.78, 5) is 49.3. The van der Waals surface area contributed by atoms with Gasteiger partial charge >= 0.3 is 5.97 Å². The summed E-state index contributed by atoms with van der Waals surface area (Å²) >= 11 is 2.17. The van der Waals surface area contributed by atoms with Gasteiger partial charge in [0.2, 0.25) is 0 Å². The highest BCUT2D eigenvalue weighted by Gasteiger charge is 2.54. The summed E-state index contributed by atoms with van der Waals surface area (Å²) in [6.45, 7) is -0.692. The van der Waals surface area contributed by atoms with E-state index in [-0.39, 0.29) is 46.0 Å². The number of nitrogens with two attached hydrogens (primary N) is 1. The molecule has 0 unspecified atom stereocenters. The fraction of sp³-hybridized carbons (Fsp3) is 0.185. The number of phenols is 4. The van der Waals surface area contributed by atoms with E-state index in [0.29, 0.717) is 11.1 Å². The second kappa shape index (κ2) is 12.7. The third-order valence-corrected chi connectivity index (χ3v) is 9.19. The summed E-state index contributed by atoms with van der Waals surface area (Å²) < 4.78 is 15.6. The van der Waals surface area contributed by atoms with E-state index in [0.717, 1.165) is 28.4 Å². The summed E-state index contributed by atoms with van der Waals surface area (Å²) in [6, 6.07) is 4.95. The largest absolute Gasteiger partial charge is 0.504 e. The molecule has 248 valence electrons. The molecule has 1 saturated heterocycles. The maximum absolute atomic E-state index is 14.3. The number of oxime groups is 1. The number of rotatable bonds is 10. The Bertz CT molecular complexity index is 2030. The molecular weight excluding hydrogens is 677 g/mol. The number of amides is 2. The molecule has 0 radical (unpaired) electrons. The summed E-state index contributed by atoms with van der Waals surface area (Å²) in [7, 11) is 0. The molecule has 21 heteroatoms. The van der Waals surface area contributed by atoms with E-state index < -0.39 is 64.6 Å². The molecule has 8 N–H and O–H groups in total. The average Bonchev–Trinajstić information content (AvgIpc) is 3.71. The number of anilines is 1. The molecule has 2 aliphatic rings. The number of tetrazole rings is 1. The number of aromatic hydroxyl groups is 4. The zero-order chi connectivity index (χ0) is 34.3. The number of phenolic OH excluding ortho intramolecular Hbond substituents is 4. The average molecular weight is 700 g/mol.